The highest BCUT2D eigenvalue weighted by Crippen LogP contribution is 2.24. The predicted molar refractivity (Wildman–Crippen MR) is 115 cm³/mol. The van der Waals surface area contributed by atoms with Gasteiger partial charge < -0.3 is 9.47 Å². The molecule has 1 saturated heterocycles. The number of benzene rings is 2. The minimum Gasteiger partial charge on any atom is -0.341 e. The summed E-state index contributed by atoms with van der Waals surface area (Å²) in [6, 6.07) is 18.2. The molecule has 150 valence electrons. The molecule has 0 radical (unpaired) electrons. The number of nitrogens with zero attached hydrogens (tertiary/aromatic N) is 3. The van der Waals surface area contributed by atoms with Gasteiger partial charge in [0.1, 0.15) is 6.04 Å². The van der Waals surface area contributed by atoms with E-state index in [-0.39, 0.29) is 18.0 Å². The van der Waals surface area contributed by atoms with Crippen LogP contribution in [0.5, 0.6) is 0 Å². The Kier molecular flexibility index (Phi) is 6.06. The van der Waals surface area contributed by atoms with E-state index in [1.165, 1.54) is 6.42 Å². The Labute approximate surface area is 172 Å². The third-order valence-electron chi connectivity index (χ3n) is 5.66. The molecule has 1 aliphatic rings. The Morgan fingerprint density at radius 2 is 1.69 bits per heavy atom. The van der Waals surface area contributed by atoms with Crippen LogP contribution in [0.2, 0.25) is 0 Å². The molecule has 3 aromatic rings. The summed E-state index contributed by atoms with van der Waals surface area (Å²) in [4.78, 5) is 19.4. The van der Waals surface area contributed by atoms with Gasteiger partial charge in [0, 0.05) is 37.2 Å². The fourth-order valence-corrected chi connectivity index (χ4v) is 3.95. The lowest BCUT2D eigenvalue weighted by Crippen LogP contribution is -2.43. The minimum atomic E-state index is -0.336. The van der Waals surface area contributed by atoms with Crippen LogP contribution in [0.15, 0.2) is 73.3 Å². The Morgan fingerprint density at radius 1 is 0.966 bits per heavy atom. The van der Waals surface area contributed by atoms with Gasteiger partial charge in [0.25, 0.3) is 0 Å². The topological polar surface area (TPSA) is 50.2 Å². The van der Waals surface area contributed by atoms with E-state index in [4.69, 9.17) is 0 Å². The summed E-state index contributed by atoms with van der Waals surface area (Å²) in [7, 11) is 0. The van der Waals surface area contributed by atoms with Crippen molar-refractivity contribution in [3.63, 3.8) is 0 Å². The summed E-state index contributed by atoms with van der Waals surface area (Å²) in [6.07, 6.45) is 8.90. The van der Waals surface area contributed by atoms with Crippen molar-refractivity contribution in [3.8, 4) is 5.69 Å². The van der Waals surface area contributed by atoms with Gasteiger partial charge >= 0.3 is 0 Å². The number of imidazole rings is 1. The van der Waals surface area contributed by atoms with Crippen LogP contribution in [-0.4, -0.2) is 33.4 Å². The molecule has 29 heavy (non-hydrogen) atoms. The first-order valence-corrected chi connectivity index (χ1v) is 10.4. The van der Waals surface area contributed by atoms with E-state index >= 15 is 0 Å². The molecule has 1 aliphatic heterocycles. The van der Waals surface area contributed by atoms with Crippen LogP contribution in [0.1, 0.15) is 49.4 Å². The molecule has 2 atom stereocenters. The Bertz CT molecular complexity index is 900. The molecule has 4 rings (SSSR count). The first-order valence-electron chi connectivity index (χ1n) is 10.4. The third kappa shape index (κ3) is 4.57. The van der Waals surface area contributed by atoms with E-state index in [0.29, 0.717) is 0 Å². The van der Waals surface area contributed by atoms with E-state index in [1.54, 1.807) is 12.5 Å². The molecule has 2 heterocycles. The SMILES string of the molecule is C[C@H](N[C@@H](C(=O)N1CCCCC1)c1ccccc1)c1ccc(-n2ccnc2)cc1. The van der Waals surface area contributed by atoms with Crippen LogP contribution < -0.4 is 5.32 Å². The second-order valence-corrected chi connectivity index (χ2v) is 7.68. The van der Waals surface area contributed by atoms with Crippen LogP contribution in [0, 0.1) is 0 Å². The zero-order valence-corrected chi connectivity index (χ0v) is 16.9. The predicted octanol–water partition coefficient (Wildman–Crippen LogP) is 4.28. The summed E-state index contributed by atoms with van der Waals surface area (Å²) >= 11 is 0. The van der Waals surface area contributed by atoms with Gasteiger partial charge in [-0.05, 0) is 49.4 Å². The second kappa shape index (κ2) is 9.05. The van der Waals surface area contributed by atoms with E-state index in [9.17, 15) is 4.79 Å². The van der Waals surface area contributed by atoms with Gasteiger partial charge in [-0.15, -0.1) is 0 Å². The van der Waals surface area contributed by atoms with Gasteiger partial charge in [0.15, 0.2) is 0 Å². The molecule has 0 bridgehead atoms. The maximum atomic E-state index is 13.3. The van der Waals surface area contributed by atoms with Crippen molar-refractivity contribution in [2.45, 2.75) is 38.3 Å². The summed E-state index contributed by atoms with van der Waals surface area (Å²) in [5.74, 6) is 0.179. The van der Waals surface area contributed by atoms with Gasteiger partial charge in [-0.25, -0.2) is 4.98 Å². The van der Waals surface area contributed by atoms with Gasteiger partial charge in [-0.2, -0.15) is 0 Å². The van der Waals surface area contributed by atoms with Crippen molar-refractivity contribution >= 4 is 5.91 Å². The molecular weight excluding hydrogens is 360 g/mol. The van der Waals surface area contributed by atoms with Crippen molar-refractivity contribution in [1.82, 2.24) is 19.8 Å². The molecule has 0 saturated carbocycles. The number of rotatable bonds is 6. The highest BCUT2D eigenvalue weighted by atomic mass is 16.2. The van der Waals surface area contributed by atoms with Gasteiger partial charge in [0.05, 0.1) is 6.33 Å². The summed E-state index contributed by atoms with van der Waals surface area (Å²) in [6.45, 7) is 3.83. The average Bonchev–Trinajstić information content (AvgIpc) is 3.33. The molecular formula is C24H28N4O. The molecule has 0 spiro atoms. The molecule has 0 unspecified atom stereocenters. The van der Waals surface area contributed by atoms with Crippen molar-refractivity contribution < 1.29 is 4.79 Å². The molecule has 0 aliphatic carbocycles. The van der Waals surface area contributed by atoms with Crippen molar-refractivity contribution in [1.29, 1.82) is 0 Å². The number of hydrogen-bond donors (Lipinski definition) is 1. The maximum Gasteiger partial charge on any atom is 0.244 e. The summed E-state index contributed by atoms with van der Waals surface area (Å²) in [5.41, 5.74) is 3.24. The van der Waals surface area contributed by atoms with Crippen LogP contribution in [0.3, 0.4) is 0 Å². The number of aromatic nitrogens is 2. The lowest BCUT2D eigenvalue weighted by atomic mass is 10.0. The molecule has 1 amide bonds. The van der Waals surface area contributed by atoms with Crippen molar-refractivity contribution in [2.24, 2.45) is 0 Å². The zero-order valence-electron chi connectivity index (χ0n) is 16.9. The first kappa shape index (κ1) is 19.4. The Morgan fingerprint density at radius 3 is 2.34 bits per heavy atom. The highest BCUT2D eigenvalue weighted by molar-refractivity contribution is 5.83. The Hall–Kier alpha value is -2.92. The summed E-state index contributed by atoms with van der Waals surface area (Å²) in [5, 5.41) is 3.59. The fraction of sp³-hybridized carbons (Fsp3) is 0.333. The van der Waals surface area contributed by atoms with Crippen LogP contribution >= 0.6 is 0 Å². The Balaban J connectivity index is 1.52. The lowest BCUT2D eigenvalue weighted by molar-refractivity contribution is -0.134. The number of likely N-dealkylation sites (tertiary alicyclic amines) is 1. The number of nitrogens with one attached hydrogen (secondary N) is 1. The number of carbonyl (C=O) groups is 1. The fourth-order valence-electron chi connectivity index (χ4n) is 3.95. The second-order valence-electron chi connectivity index (χ2n) is 7.68. The first-order chi connectivity index (χ1) is 14.2. The normalized spacial score (nSPS) is 16.4. The van der Waals surface area contributed by atoms with Crippen LogP contribution in [0.25, 0.3) is 5.69 Å². The molecule has 5 heteroatoms. The number of piperidine rings is 1. The van der Waals surface area contributed by atoms with E-state index in [0.717, 1.165) is 42.7 Å². The molecule has 5 nitrogen and oxygen atoms in total. The zero-order chi connectivity index (χ0) is 20.1. The lowest BCUT2D eigenvalue weighted by Gasteiger charge is -2.32. The van der Waals surface area contributed by atoms with Crippen molar-refractivity contribution in [2.75, 3.05) is 13.1 Å². The average molecular weight is 389 g/mol. The molecule has 1 aromatic heterocycles. The standard InChI is InChI=1S/C24H28N4O/c1-19(20-10-12-22(13-11-20)28-17-14-25-18-28)26-23(21-8-4-2-5-9-21)24(29)27-15-6-3-7-16-27/h2,4-5,8-14,17-19,23,26H,3,6-7,15-16H2,1H3/t19-,23+/m0/s1. The number of hydrogen-bond acceptors (Lipinski definition) is 3. The number of carbonyl (C=O) groups excluding carboxylic acids is 1. The molecule has 2 aromatic carbocycles. The molecule has 1 N–H and O–H groups in total. The minimum absolute atomic E-state index is 0.0470. The number of amides is 1. The van der Waals surface area contributed by atoms with E-state index in [1.807, 2.05) is 46.0 Å². The highest BCUT2D eigenvalue weighted by Gasteiger charge is 2.28. The maximum absolute atomic E-state index is 13.3. The monoisotopic (exact) mass is 388 g/mol. The van der Waals surface area contributed by atoms with Crippen LogP contribution in [0.4, 0.5) is 0 Å². The van der Waals surface area contributed by atoms with Gasteiger partial charge in [-0.3, -0.25) is 10.1 Å². The van der Waals surface area contributed by atoms with E-state index in [2.05, 4.69) is 41.5 Å². The third-order valence-corrected chi connectivity index (χ3v) is 5.66. The quantitative estimate of drug-likeness (QED) is 0.686. The van der Waals surface area contributed by atoms with Crippen molar-refractivity contribution in [3.05, 3.63) is 84.4 Å². The largest absolute Gasteiger partial charge is 0.341 e. The molecule has 1 fully saturated rings. The smallest absolute Gasteiger partial charge is 0.244 e. The summed E-state index contributed by atoms with van der Waals surface area (Å²) < 4.78 is 1.98. The van der Waals surface area contributed by atoms with Crippen LogP contribution in [-0.2, 0) is 4.79 Å². The van der Waals surface area contributed by atoms with Gasteiger partial charge in [-0.1, -0.05) is 42.5 Å². The van der Waals surface area contributed by atoms with Gasteiger partial charge in [0.2, 0.25) is 5.91 Å². The van der Waals surface area contributed by atoms with E-state index < -0.39 is 0 Å².